The van der Waals surface area contributed by atoms with Crippen molar-refractivity contribution in [2.75, 3.05) is 32.9 Å². The average Bonchev–Trinajstić information content (AvgIpc) is 2.93. The van der Waals surface area contributed by atoms with Gasteiger partial charge in [0.1, 0.15) is 19.0 Å². The standard InChI is InChI=1S/C32H55NO7/c1-9-19-39-30(35)17-16-28(32(37)40-20-10-2)25(7)24(6)22-29(34)26(8)23(5)21-27(31(36)38-12-4)15-13-14-18-33-11-3/h9-10,23-28,33H,1-2,11-22H2,3-8H3. The summed E-state index contributed by atoms with van der Waals surface area (Å²) >= 11 is 0. The van der Waals surface area contributed by atoms with Crippen LogP contribution in [0.5, 0.6) is 0 Å². The zero-order valence-corrected chi connectivity index (χ0v) is 25.9. The number of esters is 3. The molecule has 0 amide bonds. The van der Waals surface area contributed by atoms with Gasteiger partial charge in [0, 0.05) is 18.8 Å². The number of ketones is 1. The Morgan fingerprint density at radius 3 is 2.08 bits per heavy atom. The van der Waals surface area contributed by atoms with E-state index in [1.54, 1.807) is 0 Å². The van der Waals surface area contributed by atoms with Crippen LogP contribution in [-0.4, -0.2) is 56.6 Å². The van der Waals surface area contributed by atoms with Crippen LogP contribution in [0, 0.1) is 35.5 Å². The summed E-state index contributed by atoms with van der Waals surface area (Å²) in [5, 5.41) is 3.30. The van der Waals surface area contributed by atoms with Crippen molar-refractivity contribution in [2.24, 2.45) is 35.5 Å². The molecule has 8 nitrogen and oxygen atoms in total. The third-order valence-corrected chi connectivity index (χ3v) is 7.77. The van der Waals surface area contributed by atoms with Crippen molar-refractivity contribution in [2.45, 2.75) is 86.5 Å². The Kier molecular flexibility index (Phi) is 20.9. The van der Waals surface area contributed by atoms with E-state index in [1.807, 2.05) is 34.6 Å². The molecular weight excluding hydrogens is 510 g/mol. The summed E-state index contributed by atoms with van der Waals surface area (Å²) in [6.45, 7) is 21.2. The number of carbonyl (C=O) groups excluding carboxylic acids is 4. The Morgan fingerprint density at radius 2 is 1.48 bits per heavy atom. The highest BCUT2D eigenvalue weighted by molar-refractivity contribution is 5.81. The van der Waals surface area contributed by atoms with E-state index in [9.17, 15) is 19.2 Å². The molecule has 6 atom stereocenters. The number of hydrogen-bond donors (Lipinski definition) is 1. The van der Waals surface area contributed by atoms with Crippen molar-refractivity contribution < 1.29 is 33.4 Å². The summed E-state index contributed by atoms with van der Waals surface area (Å²) in [6, 6.07) is 0. The zero-order valence-electron chi connectivity index (χ0n) is 25.9. The van der Waals surface area contributed by atoms with Gasteiger partial charge in [-0.15, -0.1) is 0 Å². The molecule has 0 heterocycles. The quantitative estimate of drug-likeness (QED) is 0.0688. The van der Waals surface area contributed by atoms with Crippen LogP contribution in [-0.2, 0) is 33.4 Å². The van der Waals surface area contributed by atoms with Crippen molar-refractivity contribution in [3.05, 3.63) is 25.3 Å². The van der Waals surface area contributed by atoms with Crippen LogP contribution >= 0.6 is 0 Å². The van der Waals surface area contributed by atoms with Gasteiger partial charge in [-0.25, -0.2) is 0 Å². The van der Waals surface area contributed by atoms with Crippen LogP contribution in [0.4, 0.5) is 0 Å². The summed E-state index contributed by atoms with van der Waals surface area (Å²) in [6.07, 6.45) is 6.88. The fourth-order valence-corrected chi connectivity index (χ4v) is 4.81. The Hall–Kier alpha value is -2.48. The number of hydrogen-bond acceptors (Lipinski definition) is 8. The number of nitrogens with one attached hydrogen (secondary N) is 1. The maximum atomic E-state index is 13.3. The van der Waals surface area contributed by atoms with Crippen molar-refractivity contribution in [3.63, 3.8) is 0 Å². The summed E-state index contributed by atoms with van der Waals surface area (Å²) in [4.78, 5) is 50.8. The van der Waals surface area contributed by atoms with Crippen LogP contribution in [0.15, 0.2) is 25.3 Å². The maximum absolute atomic E-state index is 13.3. The van der Waals surface area contributed by atoms with Gasteiger partial charge in [0.2, 0.25) is 0 Å². The minimum absolute atomic E-state index is 0.00571. The molecule has 0 aliphatic carbocycles. The lowest BCUT2D eigenvalue weighted by Crippen LogP contribution is -2.32. The lowest BCUT2D eigenvalue weighted by atomic mass is 9.76. The lowest BCUT2D eigenvalue weighted by Gasteiger charge is -2.29. The molecule has 0 aromatic rings. The largest absolute Gasteiger partial charge is 0.466 e. The predicted molar refractivity (Wildman–Crippen MR) is 158 cm³/mol. The van der Waals surface area contributed by atoms with Gasteiger partial charge in [-0.1, -0.05) is 66.3 Å². The predicted octanol–water partition coefficient (Wildman–Crippen LogP) is 5.69. The molecule has 0 fully saturated rings. The molecule has 0 aliphatic rings. The van der Waals surface area contributed by atoms with Gasteiger partial charge in [0.25, 0.3) is 0 Å². The second kappa shape index (κ2) is 22.2. The highest BCUT2D eigenvalue weighted by Gasteiger charge is 2.34. The molecule has 8 heteroatoms. The molecule has 0 saturated carbocycles. The van der Waals surface area contributed by atoms with Gasteiger partial charge in [0.05, 0.1) is 18.4 Å². The second-order valence-corrected chi connectivity index (χ2v) is 10.8. The highest BCUT2D eigenvalue weighted by atomic mass is 16.5. The van der Waals surface area contributed by atoms with E-state index in [4.69, 9.17) is 14.2 Å². The normalized spacial score (nSPS) is 15.6. The molecule has 0 saturated heterocycles. The second-order valence-electron chi connectivity index (χ2n) is 10.8. The van der Waals surface area contributed by atoms with Crippen LogP contribution in [0.3, 0.4) is 0 Å². The molecule has 0 spiro atoms. The molecule has 230 valence electrons. The average molecular weight is 566 g/mol. The first kappa shape index (κ1) is 37.5. The first-order chi connectivity index (χ1) is 19.0. The molecule has 0 aromatic heterocycles. The van der Waals surface area contributed by atoms with Crippen molar-refractivity contribution in [1.29, 1.82) is 0 Å². The molecule has 0 rings (SSSR count). The summed E-state index contributed by atoms with van der Waals surface area (Å²) < 4.78 is 15.7. The maximum Gasteiger partial charge on any atom is 0.309 e. The third-order valence-electron chi connectivity index (χ3n) is 7.77. The Morgan fingerprint density at radius 1 is 0.825 bits per heavy atom. The Balaban J connectivity index is 5.25. The third kappa shape index (κ3) is 15.3. The minimum Gasteiger partial charge on any atom is -0.466 e. The van der Waals surface area contributed by atoms with E-state index in [2.05, 4.69) is 25.4 Å². The molecule has 1 N–H and O–H groups in total. The summed E-state index contributed by atoms with van der Waals surface area (Å²) in [5.41, 5.74) is 0. The first-order valence-electron chi connectivity index (χ1n) is 15.0. The van der Waals surface area contributed by atoms with E-state index < -0.39 is 17.9 Å². The minimum atomic E-state index is -0.554. The summed E-state index contributed by atoms with van der Waals surface area (Å²) in [5.74, 6) is -2.22. The van der Waals surface area contributed by atoms with E-state index >= 15 is 0 Å². The van der Waals surface area contributed by atoms with Crippen molar-refractivity contribution in [3.8, 4) is 0 Å². The van der Waals surface area contributed by atoms with Gasteiger partial charge in [-0.3, -0.25) is 19.2 Å². The van der Waals surface area contributed by atoms with Gasteiger partial charge in [-0.05, 0) is 63.5 Å². The van der Waals surface area contributed by atoms with Crippen LogP contribution in [0.1, 0.15) is 86.5 Å². The van der Waals surface area contributed by atoms with Crippen LogP contribution in [0.2, 0.25) is 0 Å². The zero-order chi connectivity index (χ0) is 30.5. The van der Waals surface area contributed by atoms with Gasteiger partial charge < -0.3 is 19.5 Å². The lowest BCUT2D eigenvalue weighted by molar-refractivity contribution is -0.151. The number of rotatable bonds is 24. The Labute approximate surface area is 242 Å². The molecule has 0 bridgehead atoms. The fraction of sp³-hybridized carbons (Fsp3) is 0.750. The molecule has 0 aromatic carbocycles. The SMILES string of the molecule is C=CCOC(=O)CCC(C(=O)OCC=C)C(C)C(C)CC(=O)C(C)C(C)CC(CCCCNCC)C(=O)OCC. The van der Waals surface area contributed by atoms with Gasteiger partial charge in [-0.2, -0.15) is 0 Å². The van der Waals surface area contributed by atoms with Gasteiger partial charge >= 0.3 is 17.9 Å². The number of Topliss-reactive ketones (excluding diaryl/α,β-unsaturated/α-hetero) is 1. The van der Waals surface area contributed by atoms with Crippen molar-refractivity contribution in [1.82, 2.24) is 5.32 Å². The number of unbranched alkanes of at least 4 members (excludes halogenated alkanes) is 1. The molecule has 40 heavy (non-hydrogen) atoms. The van der Waals surface area contributed by atoms with E-state index in [0.29, 0.717) is 19.4 Å². The molecular formula is C32H55NO7. The molecule has 6 unspecified atom stereocenters. The van der Waals surface area contributed by atoms with E-state index in [0.717, 1.165) is 32.4 Å². The Bertz CT molecular complexity index is 781. The van der Waals surface area contributed by atoms with Gasteiger partial charge in [0.15, 0.2) is 0 Å². The topological polar surface area (TPSA) is 108 Å². The molecule has 0 aliphatic heterocycles. The van der Waals surface area contributed by atoms with Crippen LogP contribution < -0.4 is 5.32 Å². The fourth-order valence-electron chi connectivity index (χ4n) is 4.81. The highest BCUT2D eigenvalue weighted by Crippen LogP contribution is 2.32. The van der Waals surface area contributed by atoms with Crippen molar-refractivity contribution >= 4 is 23.7 Å². The first-order valence-corrected chi connectivity index (χ1v) is 15.0. The number of ether oxygens (including phenoxy) is 3. The van der Waals surface area contributed by atoms with E-state index in [1.165, 1.54) is 12.2 Å². The monoisotopic (exact) mass is 565 g/mol. The van der Waals surface area contributed by atoms with E-state index in [-0.39, 0.29) is 67.4 Å². The van der Waals surface area contributed by atoms with Crippen LogP contribution in [0.25, 0.3) is 0 Å². The smallest absolute Gasteiger partial charge is 0.309 e. The summed E-state index contributed by atoms with van der Waals surface area (Å²) in [7, 11) is 0. The molecule has 0 radical (unpaired) electrons. The number of carbonyl (C=O) groups is 4.